The Kier molecular flexibility index (Phi) is 8.07. The number of rotatable bonds is 7. The monoisotopic (exact) mass is 301 g/mol. The molecule has 0 aromatic rings. The van der Waals surface area contributed by atoms with Gasteiger partial charge in [0.15, 0.2) is 0 Å². The molecule has 2 amide bonds. The van der Waals surface area contributed by atoms with Gasteiger partial charge < -0.3 is 24.6 Å². The summed E-state index contributed by atoms with van der Waals surface area (Å²) in [4.78, 5) is 27.1. The summed E-state index contributed by atoms with van der Waals surface area (Å²) >= 11 is 0. The van der Waals surface area contributed by atoms with Crippen molar-refractivity contribution in [1.29, 1.82) is 0 Å². The standard InChI is InChI=1S/C14H27N3O4/c1-4-20-13(18)5-7-15-14(19)17-9-10-21-12(11-17)6-8-16(2)3/h12H,4-11H2,1-3H3,(H,15,19)/t12-/m0/s1. The molecule has 7 nitrogen and oxygen atoms in total. The Labute approximate surface area is 126 Å². The molecular formula is C14H27N3O4. The Morgan fingerprint density at radius 2 is 2.19 bits per heavy atom. The van der Waals surface area contributed by atoms with Crippen LogP contribution in [0.15, 0.2) is 0 Å². The van der Waals surface area contributed by atoms with Crippen LogP contribution in [-0.4, -0.2) is 81.4 Å². The Bertz CT molecular complexity index is 336. The molecule has 21 heavy (non-hydrogen) atoms. The maximum Gasteiger partial charge on any atom is 0.317 e. The molecule has 1 aliphatic heterocycles. The van der Waals surface area contributed by atoms with Crippen LogP contribution in [0.5, 0.6) is 0 Å². The Morgan fingerprint density at radius 3 is 2.86 bits per heavy atom. The molecular weight excluding hydrogens is 274 g/mol. The van der Waals surface area contributed by atoms with Crippen molar-refractivity contribution in [3.05, 3.63) is 0 Å². The minimum absolute atomic E-state index is 0.0805. The molecule has 1 atom stereocenters. The second-order valence-electron chi connectivity index (χ2n) is 5.32. The summed E-state index contributed by atoms with van der Waals surface area (Å²) in [6.45, 7) is 5.11. The molecule has 1 rings (SSSR count). The van der Waals surface area contributed by atoms with Gasteiger partial charge in [0.05, 0.1) is 25.7 Å². The van der Waals surface area contributed by atoms with Crippen molar-refractivity contribution in [3.8, 4) is 0 Å². The van der Waals surface area contributed by atoms with Gasteiger partial charge in [-0.1, -0.05) is 0 Å². The molecule has 0 aromatic carbocycles. The van der Waals surface area contributed by atoms with Crippen LogP contribution in [0, 0.1) is 0 Å². The van der Waals surface area contributed by atoms with Gasteiger partial charge >= 0.3 is 12.0 Å². The third-order valence-corrected chi connectivity index (χ3v) is 3.23. The van der Waals surface area contributed by atoms with E-state index in [9.17, 15) is 9.59 Å². The van der Waals surface area contributed by atoms with E-state index in [2.05, 4.69) is 10.2 Å². The first kappa shape index (κ1) is 17.7. The number of carbonyl (C=O) groups excluding carboxylic acids is 2. The third-order valence-electron chi connectivity index (χ3n) is 3.23. The first-order chi connectivity index (χ1) is 10.0. The predicted octanol–water partition coefficient (Wildman–Crippen LogP) is 0.302. The van der Waals surface area contributed by atoms with Gasteiger partial charge in [-0.2, -0.15) is 0 Å². The van der Waals surface area contributed by atoms with Crippen molar-refractivity contribution >= 4 is 12.0 Å². The average Bonchev–Trinajstić information content (AvgIpc) is 2.45. The number of morpholine rings is 1. The molecule has 0 aliphatic carbocycles. The highest BCUT2D eigenvalue weighted by atomic mass is 16.5. The maximum absolute atomic E-state index is 12.0. The van der Waals surface area contributed by atoms with Crippen LogP contribution in [0.2, 0.25) is 0 Å². The number of urea groups is 1. The summed E-state index contributed by atoms with van der Waals surface area (Å²) in [7, 11) is 4.03. The van der Waals surface area contributed by atoms with Crippen LogP contribution in [0.3, 0.4) is 0 Å². The van der Waals surface area contributed by atoms with Gasteiger partial charge in [0.1, 0.15) is 0 Å². The van der Waals surface area contributed by atoms with E-state index in [-0.39, 0.29) is 24.5 Å². The Balaban J connectivity index is 2.25. The lowest BCUT2D eigenvalue weighted by Crippen LogP contribution is -2.50. The van der Waals surface area contributed by atoms with Gasteiger partial charge in [-0.15, -0.1) is 0 Å². The zero-order valence-corrected chi connectivity index (χ0v) is 13.3. The van der Waals surface area contributed by atoms with Gasteiger partial charge in [0.2, 0.25) is 0 Å². The number of esters is 1. The van der Waals surface area contributed by atoms with Crippen LogP contribution in [0.4, 0.5) is 4.79 Å². The lowest BCUT2D eigenvalue weighted by atomic mass is 10.2. The van der Waals surface area contributed by atoms with E-state index >= 15 is 0 Å². The van der Waals surface area contributed by atoms with Crippen molar-refractivity contribution in [2.24, 2.45) is 0 Å². The molecule has 0 spiro atoms. The van der Waals surface area contributed by atoms with Gasteiger partial charge in [-0.05, 0) is 27.4 Å². The highest BCUT2D eigenvalue weighted by Crippen LogP contribution is 2.09. The van der Waals surface area contributed by atoms with Crippen molar-refractivity contribution in [2.45, 2.75) is 25.9 Å². The Hall–Kier alpha value is -1.34. The topological polar surface area (TPSA) is 71.1 Å². The van der Waals surface area contributed by atoms with Crippen LogP contribution in [0.1, 0.15) is 19.8 Å². The van der Waals surface area contributed by atoms with Crippen molar-refractivity contribution < 1.29 is 19.1 Å². The minimum atomic E-state index is -0.288. The lowest BCUT2D eigenvalue weighted by molar-refractivity contribution is -0.142. The molecule has 1 N–H and O–H groups in total. The summed E-state index contributed by atoms with van der Waals surface area (Å²) in [6.07, 6.45) is 1.19. The van der Waals surface area contributed by atoms with E-state index in [1.54, 1.807) is 11.8 Å². The highest BCUT2D eigenvalue weighted by Gasteiger charge is 2.24. The fourth-order valence-corrected chi connectivity index (χ4v) is 2.10. The number of carbonyl (C=O) groups is 2. The maximum atomic E-state index is 12.0. The summed E-state index contributed by atoms with van der Waals surface area (Å²) in [5.74, 6) is -0.288. The minimum Gasteiger partial charge on any atom is -0.466 e. The van der Waals surface area contributed by atoms with Gasteiger partial charge in [0, 0.05) is 26.2 Å². The highest BCUT2D eigenvalue weighted by molar-refractivity contribution is 5.75. The quantitative estimate of drug-likeness (QED) is 0.685. The molecule has 0 unspecified atom stereocenters. The van der Waals surface area contributed by atoms with Gasteiger partial charge in [0.25, 0.3) is 0 Å². The third kappa shape index (κ3) is 7.29. The van der Waals surface area contributed by atoms with Crippen LogP contribution in [0.25, 0.3) is 0 Å². The van der Waals surface area contributed by atoms with E-state index in [0.717, 1.165) is 13.0 Å². The summed E-state index contributed by atoms with van der Waals surface area (Å²) in [6, 6.07) is -0.141. The SMILES string of the molecule is CCOC(=O)CCNC(=O)N1CCO[C@@H](CCN(C)C)C1. The van der Waals surface area contributed by atoms with E-state index in [1.165, 1.54) is 0 Å². The number of hydrogen-bond donors (Lipinski definition) is 1. The number of nitrogens with one attached hydrogen (secondary N) is 1. The Morgan fingerprint density at radius 1 is 1.43 bits per heavy atom. The van der Waals surface area contributed by atoms with E-state index in [1.807, 2.05) is 14.1 Å². The zero-order valence-electron chi connectivity index (χ0n) is 13.3. The van der Waals surface area contributed by atoms with Crippen LogP contribution in [-0.2, 0) is 14.3 Å². The fraction of sp³-hybridized carbons (Fsp3) is 0.857. The average molecular weight is 301 g/mol. The van der Waals surface area contributed by atoms with E-state index < -0.39 is 0 Å². The van der Waals surface area contributed by atoms with E-state index in [0.29, 0.717) is 32.8 Å². The first-order valence-electron chi connectivity index (χ1n) is 7.47. The fourth-order valence-electron chi connectivity index (χ4n) is 2.10. The number of nitrogens with zero attached hydrogens (tertiary/aromatic N) is 2. The molecule has 1 fully saturated rings. The lowest BCUT2D eigenvalue weighted by Gasteiger charge is -2.33. The number of ether oxygens (including phenoxy) is 2. The normalized spacial score (nSPS) is 18.7. The number of amides is 2. The molecule has 7 heteroatoms. The van der Waals surface area contributed by atoms with Crippen LogP contribution < -0.4 is 5.32 Å². The molecule has 0 saturated carbocycles. The van der Waals surface area contributed by atoms with E-state index in [4.69, 9.17) is 9.47 Å². The molecule has 0 bridgehead atoms. The number of hydrogen-bond acceptors (Lipinski definition) is 5. The largest absolute Gasteiger partial charge is 0.466 e. The predicted molar refractivity (Wildman–Crippen MR) is 79.1 cm³/mol. The van der Waals surface area contributed by atoms with Gasteiger partial charge in [-0.25, -0.2) is 4.79 Å². The molecule has 1 saturated heterocycles. The summed E-state index contributed by atoms with van der Waals surface area (Å²) in [5.41, 5.74) is 0. The molecule has 1 heterocycles. The van der Waals surface area contributed by atoms with Crippen molar-refractivity contribution in [3.63, 3.8) is 0 Å². The van der Waals surface area contributed by atoms with Gasteiger partial charge in [-0.3, -0.25) is 4.79 Å². The van der Waals surface area contributed by atoms with Crippen LogP contribution >= 0.6 is 0 Å². The molecule has 0 radical (unpaired) electrons. The molecule has 122 valence electrons. The second-order valence-corrected chi connectivity index (χ2v) is 5.32. The smallest absolute Gasteiger partial charge is 0.317 e. The zero-order chi connectivity index (χ0) is 15.7. The second kappa shape index (κ2) is 9.57. The summed E-state index contributed by atoms with van der Waals surface area (Å²) in [5, 5.41) is 2.75. The van der Waals surface area contributed by atoms with Crippen molar-refractivity contribution in [1.82, 2.24) is 15.1 Å². The van der Waals surface area contributed by atoms with Crippen molar-refractivity contribution in [2.75, 3.05) is 53.5 Å². The summed E-state index contributed by atoms with van der Waals surface area (Å²) < 4.78 is 10.5. The first-order valence-corrected chi connectivity index (χ1v) is 7.47. The molecule has 1 aliphatic rings. The molecule has 0 aromatic heterocycles.